The minimum absolute atomic E-state index is 0.355. The molecule has 22 heavy (non-hydrogen) atoms. The first kappa shape index (κ1) is 14.1. The van der Waals surface area contributed by atoms with E-state index in [4.69, 9.17) is 5.11 Å². The van der Waals surface area contributed by atoms with Crippen molar-refractivity contribution in [3.63, 3.8) is 0 Å². The summed E-state index contributed by atoms with van der Waals surface area (Å²) in [4.78, 5) is 27.5. The van der Waals surface area contributed by atoms with Crippen LogP contribution in [0.2, 0.25) is 0 Å². The number of hydrogen-bond donors (Lipinski definition) is 2. The number of H-pyrrole nitrogens is 1. The van der Waals surface area contributed by atoms with Crippen molar-refractivity contribution in [1.82, 2.24) is 14.6 Å². The van der Waals surface area contributed by atoms with E-state index in [-0.39, 0.29) is 5.56 Å². The number of rotatable bonds is 2. The first-order chi connectivity index (χ1) is 10.4. The normalized spacial score (nSPS) is 11.0. The molecule has 0 radical (unpaired) electrons. The summed E-state index contributed by atoms with van der Waals surface area (Å²) in [5.41, 5.74) is 4.18. The van der Waals surface area contributed by atoms with Gasteiger partial charge in [0.1, 0.15) is 5.56 Å². The van der Waals surface area contributed by atoms with Crippen molar-refractivity contribution < 1.29 is 9.90 Å². The highest BCUT2D eigenvalue weighted by Crippen LogP contribution is 2.30. The van der Waals surface area contributed by atoms with Crippen LogP contribution < -0.4 is 5.56 Å². The summed E-state index contributed by atoms with van der Waals surface area (Å²) in [5.74, 6) is -1.28. The SMILES string of the molecule is Cc1ccc(C)c(-c2c(C)[nH]n3c(=O)c(C(=O)O)cnc23)c1. The van der Waals surface area contributed by atoms with Crippen molar-refractivity contribution in [2.75, 3.05) is 0 Å². The third-order valence-corrected chi connectivity index (χ3v) is 3.73. The molecule has 2 heterocycles. The van der Waals surface area contributed by atoms with Crippen LogP contribution in [-0.2, 0) is 0 Å². The van der Waals surface area contributed by atoms with Crippen LogP contribution in [0, 0.1) is 20.8 Å². The number of benzene rings is 1. The summed E-state index contributed by atoms with van der Waals surface area (Å²) in [5, 5.41) is 11.9. The maximum Gasteiger partial charge on any atom is 0.343 e. The van der Waals surface area contributed by atoms with Crippen LogP contribution >= 0.6 is 0 Å². The van der Waals surface area contributed by atoms with Crippen molar-refractivity contribution in [2.24, 2.45) is 0 Å². The van der Waals surface area contributed by atoms with Gasteiger partial charge in [-0.3, -0.25) is 9.89 Å². The average Bonchev–Trinajstić information content (AvgIpc) is 2.79. The highest BCUT2D eigenvalue weighted by atomic mass is 16.4. The average molecular weight is 297 g/mol. The van der Waals surface area contributed by atoms with Gasteiger partial charge in [-0.2, -0.15) is 0 Å². The largest absolute Gasteiger partial charge is 0.477 e. The molecule has 0 saturated carbocycles. The van der Waals surface area contributed by atoms with Gasteiger partial charge in [0.25, 0.3) is 5.56 Å². The van der Waals surface area contributed by atoms with Gasteiger partial charge >= 0.3 is 5.97 Å². The topological polar surface area (TPSA) is 87.5 Å². The second-order valence-electron chi connectivity index (χ2n) is 5.37. The maximum atomic E-state index is 12.2. The summed E-state index contributed by atoms with van der Waals surface area (Å²) in [6.45, 7) is 5.82. The molecule has 0 bridgehead atoms. The minimum atomic E-state index is -1.28. The standard InChI is InChI=1S/C16H15N3O3/c1-8-4-5-9(2)11(6-8)13-10(3)18-19-14(13)17-7-12(15(19)20)16(21)22/h4-7,18H,1-3H3,(H,21,22). The second-order valence-corrected chi connectivity index (χ2v) is 5.37. The van der Waals surface area contributed by atoms with Gasteiger partial charge in [-0.25, -0.2) is 14.3 Å². The molecule has 0 aliphatic carbocycles. The number of carboxylic acids is 1. The summed E-state index contributed by atoms with van der Waals surface area (Å²) in [7, 11) is 0. The molecule has 112 valence electrons. The lowest BCUT2D eigenvalue weighted by molar-refractivity contribution is 0.0694. The van der Waals surface area contributed by atoms with Crippen LogP contribution in [0.25, 0.3) is 16.8 Å². The molecule has 2 N–H and O–H groups in total. The number of aryl methyl sites for hydroxylation is 3. The molecular weight excluding hydrogens is 282 g/mol. The zero-order chi connectivity index (χ0) is 16.0. The molecular formula is C16H15N3O3. The Kier molecular flexibility index (Phi) is 3.09. The van der Waals surface area contributed by atoms with Gasteiger partial charge < -0.3 is 5.11 Å². The predicted molar refractivity (Wildman–Crippen MR) is 82.4 cm³/mol. The molecule has 6 heteroatoms. The molecule has 3 rings (SSSR count). The Morgan fingerprint density at radius 1 is 1.27 bits per heavy atom. The van der Waals surface area contributed by atoms with E-state index in [1.807, 2.05) is 39.0 Å². The fourth-order valence-electron chi connectivity index (χ4n) is 2.60. The molecule has 0 atom stereocenters. The zero-order valence-electron chi connectivity index (χ0n) is 12.5. The lowest BCUT2D eigenvalue weighted by Crippen LogP contribution is -2.23. The summed E-state index contributed by atoms with van der Waals surface area (Å²) >= 11 is 0. The van der Waals surface area contributed by atoms with Crippen molar-refractivity contribution in [2.45, 2.75) is 20.8 Å². The Bertz CT molecular complexity index is 967. The number of carbonyl (C=O) groups is 1. The second kappa shape index (κ2) is 4.84. The minimum Gasteiger partial charge on any atom is -0.477 e. The van der Waals surface area contributed by atoms with Crippen LogP contribution in [0.1, 0.15) is 27.2 Å². The van der Waals surface area contributed by atoms with Crippen LogP contribution in [0.3, 0.4) is 0 Å². The van der Waals surface area contributed by atoms with E-state index in [0.717, 1.165) is 34.1 Å². The zero-order valence-corrected chi connectivity index (χ0v) is 12.5. The Morgan fingerprint density at radius 2 is 2.00 bits per heavy atom. The summed E-state index contributed by atoms with van der Waals surface area (Å²) in [6.07, 6.45) is 1.11. The van der Waals surface area contributed by atoms with Crippen LogP contribution in [0.5, 0.6) is 0 Å². The van der Waals surface area contributed by atoms with Crippen molar-refractivity contribution >= 4 is 11.6 Å². The van der Waals surface area contributed by atoms with Gasteiger partial charge in [-0.05, 0) is 31.9 Å². The van der Waals surface area contributed by atoms with Crippen LogP contribution in [0.4, 0.5) is 0 Å². The molecule has 0 saturated heterocycles. The maximum absolute atomic E-state index is 12.2. The highest BCUT2D eigenvalue weighted by Gasteiger charge is 2.18. The molecule has 0 unspecified atom stereocenters. The Balaban J connectivity index is 2.39. The van der Waals surface area contributed by atoms with Gasteiger partial charge in [0.2, 0.25) is 0 Å². The number of aromatic carboxylic acids is 1. The number of hydrogen-bond acceptors (Lipinski definition) is 3. The van der Waals surface area contributed by atoms with E-state index in [9.17, 15) is 9.59 Å². The van der Waals surface area contributed by atoms with Crippen molar-refractivity contribution in [3.8, 4) is 11.1 Å². The van der Waals surface area contributed by atoms with E-state index in [0.29, 0.717) is 5.65 Å². The predicted octanol–water partition coefficient (Wildman–Crippen LogP) is 2.31. The molecule has 0 fully saturated rings. The third-order valence-electron chi connectivity index (χ3n) is 3.73. The Morgan fingerprint density at radius 3 is 2.68 bits per heavy atom. The van der Waals surface area contributed by atoms with E-state index >= 15 is 0 Å². The molecule has 0 amide bonds. The highest BCUT2D eigenvalue weighted by molar-refractivity contribution is 5.88. The molecule has 0 aliphatic rings. The number of nitrogens with zero attached hydrogens (tertiary/aromatic N) is 2. The molecule has 0 aliphatic heterocycles. The Hall–Kier alpha value is -2.89. The number of nitrogens with one attached hydrogen (secondary N) is 1. The van der Waals surface area contributed by atoms with Crippen molar-refractivity contribution in [3.05, 3.63) is 57.1 Å². The van der Waals surface area contributed by atoms with Crippen molar-refractivity contribution in [1.29, 1.82) is 0 Å². The summed E-state index contributed by atoms with van der Waals surface area (Å²) in [6, 6.07) is 6.06. The molecule has 6 nitrogen and oxygen atoms in total. The van der Waals surface area contributed by atoms with Crippen LogP contribution in [0.15, 0.2) is 29.2 Å². The fourth-order valence-corrected chi connectivity index (χ4v) is 2.60. The smallest absolute Gasteiger partial charge is 0.343 e. The lowest BCUT2D eigenvalue weighted by atomic mass is 9.98. The number of fused-ring (bicyclic) bond motifs is 1. The van der Waals surface area contributed by atoms with E-state index in [1.54, 1.807) is 0 Å². The first-order valence-corrected chi connectivity index (χ1v) is 6.81. The van der Waals surface area contributed by atoms with E-state index in [2.05, 4.69) is 10.1 Å². The number of aromatic nitrogens is 3. The molecule has 0 spiro atoms. The Labute approximate surface area is 126 Å². The summed E-state index contributed by atoms with van der Waals surface area (Å²) < 4.78 is 1.19. The molecule has 2 aromatic heterocycles. The van der Waals surface area contributed by atoms with Gasteiger partial charge in [0, 0.05) is 17.5 Å². The fraction of sp³-hybridized carbons (Fsp3) is 0.188. The monoisotopic (exact) mass is 297 g/mol. The lowest BCUT2D eigenvalue weighted by Gasteiger charge is -2.06. The first-order valence-electron chi connectivity index (χ1n) is 6.81. The number of aromatic amines is 1. The van der Waals surface area contributed by atoms with Crippen LogP contribution in [-0.4, -0.2) is 25.7 Å². The van der Waals surface area contributed by atoms with Gasteiger partial charge in [0.15, 0.2) is 5.65 Å². The van der Waals surface area contributed by atoms with Gasteiger partial charge in [-0.15, -0.1) is 0 Å². The number of carboxylic acid groups (broad SMARTS) is 1. The molecule has 1 aromatic carbocycles. The third kappa shape index (κ3) is 2.00. The molecule has 3 aromatic rings. The quantitative estimate of drug-likeness (QED) is 0.760. The van der Waals surface area contributed by atoms with Gasteiger partial charge in [-0.1, -0.05) is 23.8 Å². The van der Waals surface area contributed by atoms with Gasteiger partial charge in [0.05, 0.1) is 0 Å². The van der Waals surface area contributed by atoms with E-state index in [1.165, 1.54) is 4.52 Å². The van der Waals surface area contributed by atoms with E-state index < -0.39 is 11.5 Å².